The zero-order valence-electron chi connectivity index (χ0n) is 22.3. The number of carbonyl (C=O) groups excluding carboxylic acids is 2. The summed E-state index contributed by atoms with van der Waals surface area (Å²) in [5.74, 6) is 0.654. The van der Waals surface area contributed by atoms with Crippen LogP contribution in [0, 0.1) is 0 Å². The quantitative estimate of drug-likeness (QED) is 0.288. The van der Waals surface area contributed by atoms with Gasteiger partial charge >= 0.3 is 6.03 Å². The van der Waals surface area contributed by atoms with Gasteiger partial charge in [-0.05, 0) is 55.8 Å². The molecule has 0 spiro atoms. The van der Waals surface area contributed by atoms with Crippen LogP contribution >= 0.6 is 23.2 Å². The van der Waals surface area contributed by atoms with Crippen LogP contribution in [0.1, 0.15) is 30.6 Å². The number of urea groups is 1. The van der Waals surface area contributed by atoms with Gasteiger partial charge in [-0.25, -0.2) is 4.79 Å². The van der Waals surface area contributed by atoms with Gasteiger partial charge in [0.1, 0.15) is 5.75 Å². The molecule has 206 valence electrons. The molecule has 1 unspecified atom stereocenters. The van der Waals surface area contributed by atoms with E-state index in [9.17, 15) is 9.59 Å². The smallest absolute Gasteiger partial charge is 0.323 e. The van der Waals surface area contributed by atoms with Crippen molar-refractivity contribution in [2.45, 2.75) is 26.3 Å². The van der Waals surface area contributed by atoms with Gasteiger partial charge in [-0.2, -0.15) is 0 Å². The van der Waals surface area contributed by atoms with Crippen LogP contribution < -0.4 is 30.5 Å². The molecular weight excluding hydrogens is 537 g/mol. The summed E-state index contributed by atoms with van der Waals surface area (Å²) in [5, 5.41) is 9.16. The van der Waals surface area contributed by atoms with Crippen molar-refractivity contribution in [3.63, 3.8) is 0 Å². The Morgan fingerprint density at radius 2 is 1.62 bits per heavy atom. The van der Waals surface area contributed by atoms with Crippen LogP contribution in [0.25, 0.3) is 0 Å². The average Bonchev–Trinajstić information content (AvgIpc) is 2.95. The molecule has 0 radical (unpaired) electrons. The Bertz CT molecular complexity index is 1330. The van der Waals surface area contributed by atoms with Gasteiger partial charge in [0.2, 0.25) is 0 Å². The topological polar surface area (TPSA) is 85.9 Å². The van der Waals surface area contributed by atoms with Gasteiger partial charge in [-0.3, -0.25) is 4.79 Å². The maximum Gasteiger partial charge on any atom is 0.323 e. The minimum atomic E-state index is -0.495. The van der Waals surface area contributed by atoms with Crippen LogP contribution in [0.3, 0.4) is 0 Å². The zero-order chi connectivity index (χ0) is 27.9. The molecule has 1 heterocycles. The number of anilines is 4. The molecule has 8 nitrogen and oxygen atoms in total. The summed E-state index contributed by atoms with van der Waals surface area (Å²) in [6, 6.07) is 17.9. The summed E-state index contributed by atoms with van der Waals surface area (Å²) in [5.41, 5.74) is 3.25. The van der Waals surface area contributed by atoms with Crippen molar-refractivity contribution in [1.82, 2.24) is 5.32 Å². The first-order valence-electron chi connectivity index (χ1n) is 12.9. The number of hydrogen-bond donors (Lipinski definition) is 3. The molecule has 0 aromatic heterocycles. The predicted octanol–water partition coefficient (Wildman–Crippen LogP) is 6.50. The second-order valence-corrected chi connectivity index (χ2v) is 10.1. The van der Waals surface area contributed by atoms with Crippen molar-refractivity contribution in [1.29, 1.82) is 0 Å². The lowest BCUT2D eigenvalue weighted by molar-refractivity contribution is 0.0939. The first-order valence-corrected chi connectivity index (χ1v) is 13.7. The van der Waals surface area contributed by atoms with E-state index in [0.29, 0.717) is 22.0 Å². The number of ether oxygens (including phenoxy) is 1. The summed E-state index contributed by atoms with van der Waals surface area (Å²) < 4.78 is 5.54. The third kappa shape index (κ3) is 6.88. The fraction of sp³-hybridized carbons (Fsp3) is 0.310. The molecule has 3 N–H and O–H groups in total. The van der Waals surface area contributed by atoms with Crippen LogP contribution in [0.15, 0.2) is 60.7 Å². The Kier molecular flexibility index (Phi) is 9.43. The predicted molar refractivity (Wildman–Crippen MR) is 160 cm³/mol. The Morgan fingerprint density at radius 3 is 2.31 bits per heavy atom. The minimum Gasteiger partial charge on any atom is -0.495 e. The van der Waals surface area contributed by atoms with E-state index in [2.05, 4.69) is 31.8 Å². The average molecular weight is 571 g/mol. The van der Waals surface area contributed by atoms with Crippen molar-refractivity contribution in [3.05, 3.63) is 76.3 Å². The third-order valence-corrected chi connectivity index (χ3v) is 7.55. The van der Waals surface area contributed by atoms with Crippen molar-refractivity contribution < 1.29 is 14.3 Å². The molecule has 1 saturated heterocycles. The third-order valence-electron chi connectivity index (χ3n) is 6.73. The van der Waals surface area contributed by atoms with Gasteiger partial charge in [0.05, 0.1) is 34.1 Å². The fourth-order valence-corrected chi connectivity index (χ4v) is 4.79. The molecule has 3 aromatic rings. The summed E-state index contributed by atoms with van der Waals surface area (Å²) >= 11 is 12.3. The van der Waals surface area contributed by atoms with Gasteiger partial charge in [-0.1, -0.05) is 48.3 Å². The molecule has 1 aliphatic rings. The molecule has 1 aliphatic heterocycles. The van der Waals surface area contributed by atoms with Gasteiger partial charge in [0.25, 0.3) is 5.91 Å². The lowest BCUT2D eigenvalue weighted by Gasteiger charge is -2.38. The van der Waals surface area contributed by atoms with Crippen LogP contribution in [0.5, 0.6) is 5.75 Å². The van der Waals surface area contributed by atoms with Crippen molar-refractivity contribution in [2.24, 2.45) is 0 Å². The monoisotopic (exact) mass is 569 g/mol. The first kappa shape index (κ1) is 28.4. The molecule has 39 heavy (non-hydrogen) atoms. The Morgan fingerprint density at radius 1 is 0.923 bits per heavy atom. The molecular formula is C29H33Cl2N5O3. The normalized spacial score (nSPS) is 14.0. The number of methoxy groups -OCH3 is 1. The number of rotatable bonds is 8. The molecule has 0 aliphatic carbocycles. The fourth-order valence-electron chi connectivity index (χ4n) is 4.44. The van der Waals surface area contributed by atoms with Crippen LogP contribution in [-0.2, 0) is 0 Å². The zero-order valence-corrected chi connectivity index (χ0v) is 23.8. The van der Waals surface area contributed by atoms with Crippen molar-refractivity contribution >= 4 is 57.9 Å². The van der Waals surface area contributed by atoms with E-state index in [0.717, 1.165) is 49.7 Å². The van der Waals surface area contributed by atoms with E-state index < -0.39 is 6.03 Å². The summed E-state index contributed by atoms with van der Waals surface area (Å²) in [7, 11) is 1.68. The SMILES string of the molecule is CCC(C)NC(=O)c1cc(NC(=O)Nc2cccc(Cl)c2Cl)ccc1N1CCN(c2ccccc2OC)CC1. The highest BCUT2D eigenvalue weighted by molar-refractivity contribution is 6.44. The van der Waals surface area contributed by atoms with Gasteiger partial charge < -0.3 is 30.5 Å². The molecule has 1 fully saturated rings. The number of piperazine rings is 1. The molecule has 4 rings (SSSR count). The molecule has 0 bridgehead atoms. The summed E-state index contributed by atoms with van der Waals surface area (Å²) in [6.45, 7) is 6.98. The van der Waals surface area contributed by atoms with E-state index in [4.69, 9.17) is 27.9 Å². The number of nitrogens with one attached hydrogen (secondary N) is 3. The summed E-state index contributed by atoms with van der Waals surface area (Å²) in [6.07, 6.45) is 0.805. The molecule has 0 saturated carbocycles. The number of para-hydroxylation sites is 2. The number of nitrogens with zero attached hydrogens (tertiary/aromatic N) is 2. The number of benzene rings is 3. The molecule has 10 heteroatoms. The number of amides is 3. The number of carbonyl (C=O) groups is 2. The maximum atomic E-state index is 13.3. The second-order valence-electron chi connectivity index (χ2n) is 9.34. The van der Waals surface area contributed by atoms with Crippen LogP contribution in [0.2, 0.25) is 10.0 Å². The van der Waals surface area contributed by atoms with Crippen molar-refractivity contribution in [3.8, 4) is 5.75 Å². The Hall–Kier alpha value is -3.62. The number of hydrogen-bond acceptors (Lipinski definition) is 5. The Balaban J connectivity index is 1.53. The van der Waals surface area contributed by atoms with Gasteiger partial charge in [0.15, 0.2) is 0 Å². The maximum absolute atomic E-state index is 13.3. The highest BCUT2D eigenvalue weighted by Crippen LogP contribution is 2.32. The highest BCUT2D eigenvalue weighted by Gasteiger charge is 2.24. The van der Waals surface area contributed by atoms with E-state index in [1.807, 2.05) is 38.1 Å². The second kappa shape index (κ2) is 13.0. The molecule has 3 amide bonds. The standard InChI is InChI=1S/C29H33Cl2N5O3/c1-4-19(2)32-28(37)21-18-20(33-29(38)34-23-9-7-8-22(30)27(23)31)12-13-24(21)35-14-16-36(17-15-35)25-10-5-6-11-26(25)39-3/h5-13,18-19H,4,14-17H2,1-3H3,(H,32,37)(H2,33,34,38). The van der Waals surface area contributed by atoms with E-state index in [1.54, 1.807) is 37.4 Å². The largest absolute Gasteiger partial charge is 0.495 e. The number of halogens is 2. The van der Waals surface area contributed by atoms with Gasteiger partial charge in [0, 0.05) is 43.6 Å². The highest BCUT2D eigenvalue weighted by atomic mass is 35.5. The van der Waals surface area contributed by atoms with E-state index in [-0.39, 0.29) is 17.0 Å². The van der Waals surface area contributed by atoms with E-state index in [1.165, 1.54) is 0 Å². The van der Waals surface area contributed by atoms with Crippen LogP contribution in [0.4, 0.5) is 27.5 Å². The lowest BCUT2D eigenvalue weighted by Crippen LogP contribution is -2.47. The molecule has 3 aromatic carbocycles. The molecule has 1 atom stereocenters. The van der Waals surface area contributed by atoms with E-state index >= 15 is 0 Å². The minimum absolute atomic E-state index is 0.0117. The Labute approximate surface area is 239 Å². The first-order chi connectivity index (χ1) is 18.8. The van der Waals surface area contributed by atoms with Gasteiger partial charge in [-0.15, -0.1) is 0 Å². The van der Waals surface area contributed by atoms with Crippen molar-refractivity contribution in [2.75, 3.05) is 53.7 Å². The summed E-state index contributed by atoms with van der Waals surface area (Å²) in [4.78, 5) is 30.5. The van der Waals surface area contributed by atoms with Crippen LogP contribution in [-0.4, -0.2) is 51.3 Å². The lowest BCUT2D eigenvalue weighted by atomic mass is 10.1.